The fourth-order valence-corrected chi connectivity index (χ4v) is 5.71. The zero-order valence-corrected chi connectivity index (χ0v) is 18.3. The maximum atomic E-state index is 13.6. The quantitative estimate of drug-likeness (QED) is 0.241. The number of carbonyl (C=O) groups is 3. The van der Waals surface area contributed by atoms with E-state index in [0.717, 1.165) is 24.0 Å². The van der Waals surface area contributed by atoms with Crippen LogP contribution in [0.3, 0.4) is 0 Å². The van der Waals surface area contributed by atoms with Crippen LogP contribution in [0.2, 0.25) is 0 Å². The molecule has 4 unspecified atom stereocenters. The molecule has 0 radical (unpaired) electrons. The smallest absolute Gasteiger partial charge is 0.209 e. The number of ketones is 3. The van der Waals surface area contributed by atoms with Crippen LogP contribution in [0.25, 0.3) is 5.76 Å². The Bertz CT molecular complexity index is 1100. The summed E-state index contributed by atoms with van der Waals surface area (Å²) in [4.78, 5) is 41.1. The van der Waals surface area contributed by atoms with Crippen molar-refractivity contribution in [1.29, 1.82) is 0 Å². The third-order valence-corrected chi connectivity index (χ3v) is 7.12. The van der Waals surface area contributed by atoms with E-state index in [1.54, 1.807) is 20.2 Å². The van der Waals surface area contributed by atoms with Crippen LogP contribution in [0.1, 0.15) is 36.5 Å². The van der Waals surface area contributed by atoms with Gasteiger partial charge in [0.1, 0.15) is 17.1 Å². The number of Topliss-reactive ketones (excluding diaryl/α,β-unsaturated/α-hetero) is 3. The van der Waals surface area contributed by atoms with E-state index in [1.165, 1.54) is 11.0 Å². The van der Waals surface area contributed by atoms with Crippen LogP contribution in [-0.2, 0) is 27.2 Å². The van der Waals surface area contributed by atoms with Crippen molar-refractivity contribution in [3.8, 4) is 5.75 Å². The summed E-state index contributed by atoms with van der Waals surface area (Å²) in [5, 5.41) is 42.5. The minimum Gasteiger partial charge on any atom is -0.515 e. The van der Waals surface area contributed by atoms with Gasteiger partial charge in [-0.2, -0.15) is 0 Å². The average Bonchev–Trinajstić information content (AvgIpc) is 2.73. The zero-order valence-electron chi connectivity index (χ0n) is 18.3. The highest BCUT2D eigenvalue weighted by Gasteiger charge is 2.65. The van der Waals surface area contributed by atoms with E-state index in [0.29, 0.717) is 12.7 Å². The summed E-state index contributed by atoms with van der Waals surface area (Å²) < 4.78 is 0. The van der Waals surface area contributed by atoms with Crippen LogP contribution in [0, 0.1) is 11.8 Å². The molecule has 0 bridgehead atoms. The number of phenolic OH excluding ortho intramolecular Hbond substituents is 1. The SMILES string of the molecule is CCCc1ccc(O)c2c1CC1CC3C(N(C)C)C(=O)C(=CO)C(=O)C3(O)C(=O)C1=C2O. The van der Waals surface area contributed by atoms with Crippen molar-refractivity contribution >= 4 is 23.1 Å². The van der Waals surface area contributed by atoms with Crippen molar-refractivity contribution in [3.63, 3.8) is 0 Å². The maximum absolute atomic E-state index is 13.6. The number of aliphatic hydroxyl groups is 3. The predicted octanol–water partition coefficient (Wildman–Crippen LogP) is 1.63. The first-order valence-corrected chi connectivity index (χ1v) is 10.7. The van der Waals surface area contributed by atoms with Gasteiger partial charge in [0.15, 0.2) is 11.4 Å². The summed E-state index contributed by atoms with van der Waals surface area (Å²) in [6.07, 6.45) is 2.36. The molecule has 0 saturated heterocycles. The van der Waals surface area contributed by atoms with E-state index in [4.69, 9.17) is 0 Å². The predicted molar refractivity (Wildman–Crippen MR) is 115 cm³/mol. The lowest BCUT2D eigenvalue weighted by Gasteiger charge is -2.50. The molecule has 0 spiro atoms. The molecular formula is C24H27NO7. The fourth-order valence-electron chi connectivity index (χ4n) is 5.71. The Balaban J connectivity index is 1.94. The minimum absolute atomic E-state index is 0.112. The lowest BCUT2D eigenvalue weighted by atomic mass is 9.56. The van der Waals surface area contributed by atoms with Crippen molar-refractivity contribution in [2.75, 3.05) is 14.1 Å². The Morgan fingerprint density at radius 3 is 2.44 bits per heavy atom. The molecule has 2 saturated carbocycles. The number of hydrogen-bond donors (Lipinski definition) is 4. The van der Waals surface area contributed by atoms with Gasteiger partial charge in [-0.3, -0.25) is 19.3 Å². The average molecular weight is 441 g/mol. The Morgan fingerprint density at radius 1 is 1.16 bits per heavy atom. The van der Waals surface area contributed by atoms with Gasteiger partial charge >= 0.3 is 0 Å². The summed E-state index contributed by atoms with van der Waals surface area (Å²) in [6.45, 7) is 2.01. The van der Waals surface area contributed by atoms with E-state index in [9.17, 15) is 34.8 Å². The molecule has 8 heteroatoms. The number of hydrogen-bond acceptors (Lipinski definition) is 8. The normalized spacial score (nSPS) is 31.1. The standard InChI is InChI=1S/C24H27NO7/c1-4-5-11-6-7-16(27)18-13(11)8-12-9-15-19(25(2)3)20(28)14(10-26)22(30)24(15,32)23(31)17(12)21(18)29/h6-7,10,12,15,19,26-27,29,32H,4-5,8-9H2,1-3H3. The van der Waals surface area contributed by atoms with E-state index in [1.807, 2.05) is 6.92 Å². The van der Waals surface area contributed by atoms with Crippen LogP contribution in [0.4, 0.5) is 0 Å². The maximum Gasteiger partial charge on any atom is 0.209 e. The van der Waals surface area contributed by atoms with Gasteiger partial charge in [-0.15, -0.1) is 0 Å². The molecule has 4 atom stereocenters. The van der Waals surface area contributed by atoms with Gasteiger partial charge in [0.05, 0.1) is 17.9 Å². The summed E-state index contributed by atoms with van der Waals surface area (Å²) in [5.41, 5.74) is -1.51. The molecule has 0 aromatic heterocycles. The lowest BCUT2D eigenvalue weighted by Crippen LogP contribution is -2.69. The Kier molecular flexibility index (Phi) is 5.26. The minimum atomic E-state index is -2.59. The molecule has 0 heterocycles. The van der Waals surface area contributed by atoms with Crippen LogP contribution in [-0.4, -0.2) is 68.4 Å². The van der Waals surface area contributed by atoms with Gasteiger partial charge in [-0.25, -0.2) is 0 Å². The summed E-state index contributed by atoms with van der Waals surface area (Å²) in [6, 6.07) is 2.26. The van der Waals surface area contributed by atoms with Gasteiger partial charge in [-0.05, 0) is 56.5 Å². The second-order valence-corrected chi connectivity index (χ2v) is 9.09. The molecule has 0 aliphatic heterocycles. The zero-order chi connectivity index (χ0) is 23.5. The Morgan fingerprint density at radius 2 is 1.84 bits per heavy atom. The van der Waals surface area contributed by atoms with Gasteiger partial charge < -0.3 is 20.4 Å². The summed E-state index contributed by atoms with van der Waals surface area (Å²) in [7, 11) is 3.21. The highest BCUT2D eigenvalue weighted by Crippen LogP contribution is 2.51. The molecule has 1 aromatic rings. The number of aryl methyl sites for hydroxylation is 1. The van der Waals surface area contributed by atoms with Crippen LogP contribution in [0.15, 0.2) is 29.5 Å². The van der Waals surface area contributed by atoms with Gasteiger partial charge in [0.25, 0.3) is 0 Å². The molecular weight excluding hydrogens is 414 g/mol. The number of rotatable bonds is 3. The van der Waals surface area contributed by atoms with E-state index >= 15 is 0 Å². The number of aromatic hydroxyl groups is 1. The van der Waals surface area contributed by atoms with Crippen LogP contribution in [0.5, 0.6) is 5.75 Å². The third kappa shape index (κ3) is 2.79. The molecule has 2 fully saturated rings. The molecule has 4 rings (SSSR count). The molecule has 3 aliphatic rings. The van der Waals surface area contributed by atoms with Crippen LogP contribution >= 0.6 is 0 Å². The number of likely N-dealkylation sites (N-methyl/N-ethyl adjacent to an activating group) is 1. The largest absolute Gasteiger partial charge is 0.515 e. The highest BCUT2D eigenvalue weighted by molar-refractivity contribution is 6.35. The highest BCUT2D eigenvalue weighted by atomic mass is 16.3. The molecule has 170 valence electrons. The second kappa shape index (κ2) is 7.56. The van der Waals surface area contributed by atoms with E-state index in [2.05, 4.69) is 0 Å². The number of nitrogens with zero attached hydrogens (tertiary/aromatic N) is 1. The topological polar surface area (TPSA) is 135 Å². The molecule has 4 N–H and O–H groups in total. The Hall–Kier alpha value is -2.97. The van der Waals surface area contributed by atoms with Crippen molar-refractivity contribution in [2.24, 2.45) is 11.8 Å². The summed E-state index contributed by atoms with van der Waals surface area (Å²) >= 11 is 0. The van der Waals surface area contributed by atoms with E-state index in [-0.39, 0.29) is 23.3 Å². The van der Waals surface area contributed by atoms with Gasteiger partial charge in [0.2, 0.25) is 11.6 Å². The van der Waals surface area contributed by atoms with Crippen molar-refractivity contribution in [2.45, 2.75) is 44.2 Å². The molecule has 32 heavy (non-hydrogen) atoms. The van der Waals surface area contributed by atoms with Crippen molar-refractivity contribution < 1.29 is 34.8 Å². The lowest BCUT2D eigenvalue weighted by molar-refractivity contribution is -0.165. The Labute approximate surface area is 185 Å². The molecule has 0 amide bonds. The number of fused-ring (bicyclic) bond motifs is 3. The molecule has 3 aliphatic carbocycles. The first kappa shape index (κ1) is 22.2. The molecule has 1 aromatic carbocycles. The van der Waals surface area contributed by atoms with Crippen LogP contribution < -0.4 is 0 Å². The fraction of sp³-hybridized carbons (Fsp3) is 0.458. The number of carbonyl (C=O) groups excluding carboxylic acids is 3. The van der Waals surface area contributed by atoms with Crippen molar-refractivity contribution in [1.82, 2.24) is 4.90 Å². The first-order chi connectivity index (χ1) is 15.1. The number of phenols is 1. The monoisotopic (exact) mass is 441 g/mol. The number of aliphatic hydroxyl groups excluding tert-OH is 2. The van der Waals surface area contributed by atoms with Crippen molar-refractivity contribution in [3.05, 3.63) is 46.2 Å². The second-order valence-electron chi connectivity index (χ2n) is 9.09. The van der Waals surface area contributed by atoms with Gasteiger partial charge in [-0.1, -0.05) is 19.4 Å². The first-order valence-electron chi connectivity index (χ1n) is 10.7. The summed E-state index contributed by atoms with van der Waals surface area (Å²) in [5.74, 6) is -4.98. The van der Waals surface area contributed by atoms with E-state index < -0.39 is 52.2 Å². The third-order valence-electron chi connectivity index (χ3n) is 7.12. The molecule has 8 nitrogen and oxygen atoms in total. The number of benzene rings is 1. The van der Waals surface area contributed by atoms with Gasteiger partial charge in [0, 0.05) is 11.5 Å².